The van der Waals surface area contributed by atoms with E-state index in [0.29, 0.717) is 19.3 Å². The molecule has 0 radical (unpaired) electrons. The number of ketones is 3. The Labute approximate surface area is 212 Å². The van der Waals surface area contributed by atoms with Crippen LogP contribution in [0.15, 0.2) is 0 Å². The van der Waals surface area contributed by atoms with Crippen molar-refractivity contribution < 1.29 is 14.4 Å². The fraction of sp³-hybridized carbons (Fsp3) is 0.800. The Hall–Kier alpha value is -2.52. The molecule has 7 aliphatic rings. The molecule has 6 heteroatoms. The van der Waals surface area contributed by atoms with E-state index >= 15 is 0 Å². The summed E-state index contributed by atoms with van der Waals surface area (Å²) in [5, 5.41) is 19.5. The molecule has 0 aromatic carbocycles. The Morgan fingerprint density at radius 1 is 0.611 bits per heavy atom. The lowest BCUT2D eigenvalue weighted by molar-refractivity contribution is -0.138. The van der Waals surface area contributed by atoms with Gasteiger partial charge in [-0.1, -0.05) is 0 Å². The second kappa shape index (κ2) is 7.99. The molecule has 7 rings (SSSR count). The van der Waals surface area contributed by atoms with E-state index < -0.39 is 0 Å². The van der Waals surface area contributed by atoms with Crippen molar-refractivity contribution >= 4 is 17.3 Å². The number of carbonyl (C=O) groups is 3. The molecule has 0 bridgehead atoms. The fourth-order valence-corrected chi connectivity index (χ4v) is 11.2. The number of rotatable bonds is 0. The highest BCUT2D eigenvalue weighted by Crippen LogP contribution is 2.70. The molecule has 15 unspecified atom stereocenters. The molecule has 0 spiro atoms. The summed E-state index contributed by atoms with van der Waals surface area (Å²) < 4.78 is 0. The van der Waals surface area contributed by atoms with Gasteiger partial charge in [0.2, 0.25) is 6.04 Å². The third-order valence-corrected chi connectivity index (χ3v) is 12.3. The lowest BCUT2D eigenvalue weighted by atomic mass is 9.53. The van der Waals surface area contributed by atoms with Crippen LogP contribution in [0.25, 0.3) is 4.85 Å². The molecule has 7 fully saturated rings. The number of Topliss-reactive ketones (excluding diaryl/α,β-unsaturated/α-hetero) is 3. The van der Waals surface area contributed by atoms with Gasteiger partial charge in [-0.15, -0.1) is 0 Å². The van der Waals surface area contributed by atoms with Gasteiger partial charge in [0.15, 0.2) is 0 Å². The highest BCUT2D eigenvalue weighted by Gasteiger charge is 2.73. The molecule has 36 heavy (non-hydrogen) atoms. The molecule has 186 valence electrons. The molecular formula is C30H33N3O3. The quantitative estimate of drug-likeness (QED) is 0.479. The smallest absolute Gasteiger partial charge is 0.224 e. The predicted molar refractivity (Wildman–Crippen MR) is 127 cm³/mol. The van der Waals surface area contributed by atoms with Gasteiger partial charge in [-0.3, -0.25) is 14.4 Å². The van der Waals surface area contributed by atoms with Crippen LogP contribution in [-0.2, 0) is 14.4 Å². The topological polar surface area (TPSA) is 103 Å². The Bertz CT molecular complexity index is 1000. The number of nitriles is 2. The average Bonchev–Trinajstić information content (AvgIpc) is 3.48. The van der Waals surface area contributed by atoms with Gasteiger partial charge in [0.05, 0.1) is 12.1 Å². The number of fused-ring (bicyclic) bond motifs is 12. The molecule has 0 heterocycles. The van der Waals surface area contributed by atoms with Crippen LogP contribution in [-0.4, -0.2) is 23.4 Å². The Morgan fingerprint density at radius 3 is 1.39 bits per heavy atom. The minimum Gasteiger partial charge on any atom is -0.314 e. The maximum absolute atomic E-state index is 14.1. The zero-order chi connectivity index (χ0) is 24.9. The van der Waals surface area contributed by atoms with Crippen LogP contribution in [0.5, 0.6) is 0 Å². The van der Waals surface area contributed by atoms with Crippen molar-refractivity contribution in [2.24, 2.45) is 82.9 Å². The monoisotopic (exact) mass is 483 g/mol. The van der Waals surface area contributed by atoms with Crippen molar-refractivity contribution in [1.82, 2.24) is 0 Å². The van der Waals surface area contributed by atoms with Gasteiger partial charge in [0, 0.05) is 60.2 Å². The van der Waals surface area contributed by atoms with Crippen LogP contribution in [0.2, 0.25) is 0 Å². The largest absolute Gasteiger partial charge is 0.314 e. The lowest BCUT2D eigenvalue weighted by Crippen LogP contribution is -2.50. The summed E-state index contributed by atoms with van der Waals surface area (Å²) >= 11 is 0. The SMILES string of the molecule is [C-]#[N+]C1CCC2C(=O)C3C4C5CC(C#N)CCC5C(=O)C4C4C5CC(C#N)CCC5C(=O)C4C3C2C1. The first kappa shape index (κ1) is 22.7. The minimum atomic E-state index is -0.263. The molecule has 0 amide bonds. The summed E-state index contributed by atoms with van der Waals surface area (Å²) in [5.41, 5.74) is 0. The van der Waals surface area contributed by atoms with E-state index in [2.05, 4.69) is 17.0 Å². The van der Waals surface area contributed by atoms with Gasteiger partial charge in [0.1, 0.15) is 17.3 Å². The van der Waals surface area contributed by atoms with Gasteiger partial charge in [-0.05, 0) is 80.5 Å². The van der Waals surface area contributed by atoms with Gasteiger partial charge < -0.3 is 4.85 Å². The zero-order valence-corrected chi connectivity index (χ0v) is 20.6. The molecular weight excluding hydrogens is 450 g/mol. The van der Waals surface area contributed by atoms with Crippen molar-refractivity contribution in [1.29, 1.82) is 10.5 Å². The molecule has 7 saturated carbocycles. The molecule has 7 aliphatic carbocycles. The fourth-order valence-electron chi connectivity index (χ4n) is 11.2. The summed E-state index contributed by atoms with van der Waals surface area (Å²) in [5.74, 6) is -0.288. The third kappa shape index (κ3) is 2.78. The van der Waals surface area contributed by atoms with Gasteiger partial charge in [-0.25, -0.2) is 6.57 Å². The van der Waals surface area contributed by atoms with Crippen LogP contribution in [0.1, 0.15) is 57.8 Å². The third-order valence-electron chi connectivity index (χ3n) is 12.3. The number of hydrogen-bond donors (Lipinski definition) is 0. The molecule has 6 nitrogen and oxygen atoms in total. The van der Waals surface area contributed by atoms with E-state index in [0.717, 1.165) is 38.5 Å². The van der Waals surface area contributed by atoms with Gasteiger partial charge in [-0.2, -0.15) is 10.5 Å². The Balaban J connectivity index is 1.37. The first-order valence-electron chi connectivity index (χ1n) is 14.2. The standard InChI is InChI=1S/C30H33N3O3/c1-33-15-4-7-18-21(10-15)24-26-22(20-9-14(12-32)3-6-17(20)29(26)35)25-23(27(24)30(18)36)19-8-13(11-31)2-5-16(19)28(25)34/h13-27H,2-10H2. The summed E-state index contributed by atoms with van der Waals surface area (Å²) in [6.45, 7) is 7.67. The maximum Gasteiger partial charge on any atom is 0.224 e. The van der Waals surface area contributed by atoms with Crippen LogP contribution in [0.3, 0.4) is 0 Å². The summed E-state index contributed by atoms with van der Waals surface area (Å²) in [6.07, 6.45) is 6.54. The summed E-state index contributed by atoms with van der Waals surface area (Å²) in [4.78, 5) is 46.3. The van der Waals surface area contributed by atoms with E-state index in [1.807, 2.05) is 0 Å². The Morgan fingerprint density at radius 2 is 1.00 bits per heavy atom. The molecule has 15 atom stereocenters. The van der Waals surface area contributed by atoms with Crippen molar-refractivity contribution in [2.45, 2.75) is 63.8 Å². The first-order valence-corrected chi connectivity index (χ1v) is 14.2. The highest BCUT2D eigenvalue weighted by molar-refractivity contribution is 5.96. The second-order valence-corrected chi connectivity index (χ2v) is 13.2. The second-order valence-electron chi connectivity index (χ2n) is 13.2. The normalized spacial score (nSPS) is 54.6. The first-order chi connectivity index (χ1) is 17.5. The summed E-state index contributed by atoms with van der Waals surface area (Å²) in [7, 11) is 0. The lowest BCUT2D eigenvalue weighted by Gasteiger charge is -2.48. The average molecular weight is 484 g/mol. The molecule has 0 aromatic rings. The molecule has 0 N–H and O–H groups in total. The van der Waals surface area contributed by atoms with E-state index in [-0.39, 0.29) is 106 Å². The van der Waals surface area contributed by atoms with Crippen LogP contribution < -0.4 is 0 Å². The van der Waals surface area contributed by atoms with E-state index in [1.165, 1.54) is 0 Å². The predicted octanol–water partition coefficient (Wildman–Crippen LogP) is 4.26. The van der Waals surface area contributed by atoms with Crippen molar-refractivity contribution in [3.63, 3.8) is 0 Å². The van der Waals surface area contributed by atoms with Crippen LogP contribution >= 0.6 is 0 Å². The molecule has 0 saturated heterocycles. The number of carbonyl (C=O) groups excluding carboxylic acids is 3. The van der Waals surface area contributed by atoms with Crippen LogP contribution in [0, 0.1) is 112 Å². The molecule has 0 aromatic heterocycles. The number of hydrogen-bond acceptors (Lipinski definition) is 5. The van der Waals surface area contributed by atoms with Crippen molar-refractivity contribution in [3.8, 4) is 12.1 Å². The molecule has 0 aliphatic heterocycles. The van der Waals surface area contributed by atoms with E-state index in [9.17, 15) is 24.9 Å². The van der Waals surface area contributed by atoms with Gasteiger partial charge in [0.25, 0.3) is 0 Å². The van der Waals surface area contributed by atoms with E-state index in [4.69, 9.17) is 6.57 Å². The van der Waals surface area contributed by atoms with E-state index in [1.54, 1.807) is 0 Å². The van der Waals surface area contributed by atoms with Crippen LogP contribution in [0.4, 0.5) is 0 Å². The van der Waals surface area contributed by atoms with Gasteiger partial charge >= 0.3 is 0 Å². The zero-order valence-electron chi connectivity index (χ0n) is 20.6. The van der Waals surface area contributed by atoms with Crippen molar-refractivity contribution in [3.05, 3.63) is 11.4 Å². The minimum absolute atomic E-state index is 0.0500. The maximum atomic E-state index is 14.1. The summed E-state index contributed by atoms with van der Waals surface area (Å²) in [6, 6.07) is 4.83. The number of nitrogens with zero attached hydrogens (tertiary/aromatic N) is 3. The van der Waals surface area contributed by atoms with Crippen molar-refractivity contribution in [2.75, 3.05) is 0 Å². The highest BCUT2D eigenvalue weighted by atomic mass is 16.1. The Kier molecular flexibility index (Phi) is 5.03.